The first kappa shape index (κ1) is 19.7. The third kappa shape index (κ3) is 4.64. The Bertz CT molecular complexity index is 670. The van der Waals surface area contributed by atoms with Crippen molar-refractivity contribution in [3.05, 3.63) is 29.8 Å². The van der Waals surface area contributed by atoms with Crippen molar-refractivity contribution in [1.29, 1.82) is 0 Å². The Labute approximate surface area is 158 Å². The van der Waals surface area contributed by atoms with Crippen LogP contribution in [0.25, 0.3) is 0 Å². The van der Waals surface area contributed by atoms with E-state index in [9.17, 15) is 18.4 Å². The summed E-state index contributed by atoms with van der Waals surface area (Å²) in [6, 6.07) is 2.68. The first-order chi connectivity index (χ1) is 13.0. The van der Waals surface area contributed by atoms with Gasteiger partial charge in [0.2, 0.25) is 11.8 Å². The van der Waals surface area contributed by atoms with E-state index in [1.807, 2.05) is 0 Å². The van der Waals surface area contributed by atoms with E-state index in [0.717, 1.165) is 42.7 Å². The molecular formula is C20H26F2N2O3. The number of rotatable bonds is 5. The highest BCUT2D eigenvalue weighted by atomic mass is 19.1. The summed E-state index contributed by atoms with van der Waals surface area (Å²) in [5, 5.41) is 2.67. The van der Waals surface area contributed by atoms with Crippen molar-refractivity contribution in [2.45, 2.75) is 70.1 Å². The van der Waals surface area contributed by atoms with Gasteiger partial charge in [0, 0.05) is 6.54 Å². The van der Waals surface area contributed by atoms with Crippen LogP contribution in [-0.2, 0) is 14.3 Å². The number of hydrogen-bond acceptors (Lipinski definition) is 3. The number of nitrogens with one attached hydrogen (secondary N) is 1. The molecule has 3 rings (SSSR count). The Morgan fingerprint density at radius 2 is 1.78 bits per heavy atom. The van der Waals surface area contributed by atoms with E-state index >= 15 is 0 Å². The maximum absolute atomic E-state index is 13.9. The lowest BCUT2D eigenvalue weighted by Crippen LogP contribution is -2.46. The number of halogens is 2. The minimum absolute atomic E-state index is 0.0662. The van der Waals surface area contributed by atoms with Crippen molar-refractivity contribution in [2.24, 2.45) is 0 Å². The molecule has 1 heterocycles. The predicted octanol–water partition coefficient (Wildman–Crippen LogP) is 3.31. The molecule has 0 radical (unpaired) electrons. The molecule has 1 aliphatic heterocycles. The average Bonchev–Trinajstić information content (AvgIpc) is 2.84. The molecule has 0 unspecified atom stereocenters. The van der Waals surface area contributed by atoms with E-state index in [1.165, 1.54) is 18.9 Å². The van der Waals surface area contributed by atoms with Gasteiger partial charge in [0.15, 0.2) is 0 Å². The van der Waals surface area contributed by atoms with Crippen LogP contribution < -0.4 is 10.2 Å². The van der Waals surface area contributed by atoms with E-state index < -0.39 is 29.7 Å². The van der Waals surface area contributed by atoms with Gasteiger partial charge in [-0.1, -0.05) is 31.7 Å². The van der Waals surface area contributed by atoms with E-state index in [2.05, 4.69) is 5.32 Å². The van der Waals surface area contributed by atoms with E-state index in [4.69, 9.17) is 4.74 Å². The molecule has 1 aliphatic carbocycles. The van der Waals surface area contributed by atoms with Gasteiger partial charge in [0.05, 0.1) is 6.10 Å². The lowest BCUT2D eigenvalue weighted by Gasteiger charge is -2.22. The second-order valence-corrected chi connectivity index (χ2v) is 7.30. The number of carbonyl (C=O) groups excluding carboxylic acids is 2. The van der Waals surface area contributed by atoms with Crippen molar-refractivity contribution in [3.8, 4) is 0 Å². The molecule has 0 bridgehead atoms. The normalized spacial score (nSPS) is 22.6. The molecule has 5 nitrogen and oxygen atoms in total. The van der Waals surface area contributed by atoms with Crippen molar-refractivity contribution in [1.82, 2.24) is 5.32 Å². The Balaban J connectivity index is 1.58. The van der Waals surface area contributed by atoms with Crippen molar-refractivity contribution in [3.63, 3.8) is 0 Å². The Morgan fingerprint density at radius 1 is 1.15 bits per heavy atom. The molecule has 2 aliphatic rings. The highest BCUT2D eigenvalue weighted by Gasteiger charge is 2.37. The molecule has 27 heavy (non-hydrogen) atoms. The van der Waals surface area contributed by atoms with E-state index in [1.54, 1.807) is 6.92 Å². The van der Waals surface area contributed by atoms with Gasteiger partial charge in [0.1, 0.15) is 29.5 Å². The van der Waals surface area contributed by atoms with Gasteiger partial charge < -0.3 is 15.0 Å². The molecular weight excluding hydrogens is 354 g/mol. The highest BCUT2D eigenvalue weighted by molar-refractivity contribution is 6.01. The smallest absolute Gasteiger partial charge is 0.249 e. The number of amides is 2. The molecule has 1 saturated heterocycles. The molecule has 1 aromatic rings. The summed E-state index contributed by atoms with van der Waals surface area (Å²) in [5.74, 6) is -2.46. The number of carbonyl (C=O) groups is 2. The van der Waals surface area contributed by atoms with E-state index in [-0.39, 0.29) is 24.2 Å². The average molecular weight is 380 g/mol. The SMILES string of the molecule is C[C@@H](OC1CCCCCC1)C(=O)N[C@@H]1CCN(c2c(F)cccc2F)C1=O. The van der Waals surface area contributed by atoms with E-state index in [0.29, 0.717) is 6.42 Å². The maximum atomic E-state index is 13.9. The monoisotopic (exact) mass is 380 g/mol. The fourth-order valence-corrected chi connectivity index (χ4v) is 3.80. The lowest BCUT2D eigenvalue weighted by molar-refractivity contribution is -0.138. The Morgan fingerprint density at radius 3 is 2.41 bits per heavy atom. The third-order valence-electron chi connectivity index (χ3n) is 5.30. The summed E-state index contributed by atoms with van der Waals surface area (Å²) >= 11 is 0. The zero-order valence-corrected chi connectivity index (χ0v) is 15.5. The number of nitrogens with zero attached hydrogens (tertiary/aromatic N) is 1. The van der Waals surface area contributed by atoms with Crippen LogP contribution in [0.15, 0.2) is 18.2 Å². The number of para-hydroxylation sites is 1. The summed E-state index contributed by atoms with van der Waals surface area (Å²) in [4.78, 5) is 26.0. The van der Waals surface area contributed by atoms with Crippen molar-refractivity contribution in [2.75, 3.05) is 11.4 Å². The first-order valence-corrected chi connectivity index (χ1v) is 9.68. The molecule has 1 aromatic carbocycles. The van der Waals surface area contributed by atoms with Crippen LogP contribution in [-0.4, -0.2) is 36.6 Å². The molecule has 2 fully saturated rings. The van der Waals surface area contributed by atoms with Gasteiger partial charge >= 0.3 is 0 Å². The quantitative estimate of drug-likeness (QED) is 0.798. The second kappa shape index (κ2) is 8.78. The van der Waals surface area contributed by atoms with Crippen LogP contribution in [0.3, 0.4) is 0 Å². The van der Waals surface area contributed by atoms with Gasteiger partial charge in [0.25, 0.3) is 0 Å². The number of ether oxygens (including phenoxy) is 1. The first-order valence-electron chi connectivity index (χ1n) is 9.68. The maximum Gasteiger partial charge on any atom is 0.249 e. The Hall–Kier alpha value is -2.02. The Kier molecular flexibility index (Phi) is 6.42. The predicted molar refractivity (Wildman–Crippen MR) is 97.3 cm³/mol. The minimum atomic E-state index is -0.795. The minimum Gasteiger partial charge on any atom is -0.365 e. The zero-order valence-electron chi connectivity index (χ0n) is 15.5. The summed E-state index contributed by atoms with van der Waals surface area (Å²) in [6.45, 7) is 1.83. The molecule has 1 N–H and O–H groups in total. The van der Waals surface area contributed by atoms with Crippen molar-refractivity contribution >= 4 is 17.5 Å². The second-order valence-electron chi connectivity index (χ2n) is 7.30. The van der Waals surface area contributed by atoms with Crippen LogP contribution in [0.5, 0.6) is 0 Å². The summed E-state index contributed by atoms with van der Waals surface area (Å²) < 4.78 is 33.8. The van der Waals surface area contributed by atoms with Crippen LogP contribution >= 0.6 is 0 Å². The zero-order chi connectivity index (χ0) is 19.4. The van der Waals surface area contributed by atoms with Gasteiger partial charge in [-0.2, -0.15) is 0 Å². The molecule has 1 saturated carbocycles. The number of benzene rings is 1. The number of hydrogen-bond donors (Lipinski definition) is 1. The molecule has 2 amide bonds. The lowest BCUT2D eigenvalue weighted by atomic mass is 10.1. The molecule has 0 aromatic heterocycles. The summed E-state index contributed by atoms with van der Waals surface area (Å²) in [6.07, 6.45) is 6.18. The largest absolute Gasteiger partial charge is 0.365 e. The number of anilines is 1. The standard InChI is InChI=1S/C20H26F2N2O3/c1-13(27-14-7-4-2-3-5-8-14)19(25)23-17-11-12-24(20(17)26)18-15(21)9-6-10-16(18)22/h6,9-10,13-14,17H,2-5,7-8,11-12H2,1H3,(H,23,25)/t13-,17-/m1/s1. The molecule has 7 heteroatoms. The van der Waals surface area contributed by atoms with Gasteiger partial charge in [-0.05, 0) is 38.3 Å². The molecule has 148 valence electrons. The van der Waals surface area contributed by atoms with Crippen LogP contribution in [0.2, 0.25) is 0 Å². The summed E-state index contributed by atoms with van der Waals surface area (Å²) in [5.41, 5.74) is -0.359. The summed E-state index contributed by atoms with van der Waals surface area (Å²) in [7, 11) is 0. The highest BCUT2D eigenvalue weighted by Crippen LogP contribution is 2.28. The fraction of sp³-hybridized carbons (Fsp3) is 0.600. The fourth-order valence-electron chi connectivity index (χ4n) is 3.80. The van der Waals surface area contributed by atoms with Crippen LogP contribution in [0.4, 0.5) is 14.5 Å². The molecule has 0 spiro atoms. The van der Waals surface area contributed by atoms with Gasteiger partial charge in [-0.15, -0.1) is 0 Å². The van der Waals surface area contributed by atoms with Gasteiger partial charge in [-0.25, -0.2) is 8.78 Å². The van der Waals surface area contributed by atoms with Gasteiger partial charge in [-0.3, -0.25) is 9.59 Å². The third-order valence-corrected chi connectivity index (χ3v) is 5.30. The van der Waals surface area contributed by atoms with Crippen LogP contribution in [0, 0.1) is 11.6 Å². The van der Waals surface area contributed by atoms with Crippen LogP contribution in [0.1, 0.15) is 51.9 Å². The topological polar surface area (TPSA) is 58.6 Å². The van der Waals surface area contributed by atoms with Crippen molar-refractivity contribution < 1.29 is 23.1 Å². The molecule has 2 atom stereocenters.